The van der Waals surface area contributed by atoms with Crippen LogP contribution in [0, 0.1) is 10.8 Å². The van der Waals surface area contributed by atoms with Crippen LogP contribution in [0.25, 0.3) is 10.9 Å². The Morgan fingerprint density at radius 1 is 0.875 bits per heavy atom. The maximum Gasteiger partial charge on any atom is 0.262 e. The van der Waals surface area contributed by atoms with Crippen LogP contribution in [0.1, 0.15) is 30.5 Å². The number of hydrogen-bond acceptors (Lipinski definition) is 6. The van der Waals surface area contributed by atoms with E-state index < -0.39 is 0 Å². The first-order valence-electron chi connectivity index (χ1n) is 14.0. The van der Waals surface area contributed by atoms with Gasteiger partial charge < -0.3 is 9.80 Å². The molecule has 0 amide bonds. The van der Waals surface area contributed by atoms with Crippen molar-refractivity contribution in [3.8, 4) is 0 Å². The van der Waals surface area contributed by atoms with Crippen molar-refractivity contribution in [2.75, 3.05) is 51.7 Å². The standard InChI is InChI=1S/C32H39N7O/c1-24(33)39-29-16-15-27(35(2)3)23-28(29)31(40)38(32(39)34)18-10-17-36-19-21-37(22-20-36)30(25-11-6-4-7-12-25)26-13-8-5-9-14-26/h4-9,11-16,23,30,33-34H,10,17-22H2,1-3H3. The zero-order valence-electron chi connectivity index (χ0n) is 23.7. The van der Waals surface area contributed by atoms with Gasteiger partial charge in [0.05, 0.1) is 16.9 Å². The van der Waals surface area contributed by atoms with Gasteiger partial charge in [0.1, 0.15) is 5.84 Å². The number of nitrogens with one attached hydrogen (secondary N) is 2. The first-order chi connectivity index (χ1) is 19.3. The Kier molecular flexibility index (Phi) is 8.28. The summed E-state index contributed by atoms with van der Waals surface area (Å²) in [6.07, 6.45) is 0.766. The van der Waals surface area contributed by atoms with E-state index in [4.69, 9.17) is 10.8 Å². The first-order valence-corrected chi connectivity index (χ1v) is 14.0. The van der Waals surface area contributed by atoms with E-state index >= 15 is 0 Å². The van der Waals surface area contributed by atoms with Gasteiger partial charge in [-0.05, 0) is 49.2 Å². The van der Waals surface area contributed by atoms with E-state index in [-0.39, 0.29) is 23.1 Å². The summed E-state index contributed by atoms with van der Waals surface area (Å²) in [5, 5.41) is 17.6. The number of piperazine rings is 1. The highest BCUT2D eigenvalue weighted by atomic mass is 16.1. The number of fused-ring (bicyclic) bond motifs is 1. The van der Waals surface area contributed by atoms with E-state index in [1.54, 1.807) is 11.5 Å². The molecule has 1 aromatic heterocycles. The Morgan fingerprint density at radius 2 is 1.48 bits per heavy atom. The largest absolute Gasteiger partial charge is 0.378 e. The van der Waals surface area contributed by atoms with Crippen molar-refractivity contribution in [3.05, 3.63) is 106 Å². The normalized spacial score (nSPS) is 14.6. The van der Waals surface area contributed by atoms with E-state index in [1.165, 1.54) is 15.7 Å². The van der Waals surface area contributed by atoms with Crippen LogP contribution in [0.2, 0.25) is 0 Å². The maximum atomic E-state index is 13.5. The topological polar surface area (TPSA) is 84.4 Å². The lowest BCUT2D eigenvalue weighted by atomic mass is 9.96. The van der Waals surface area contributed by atoms with Gasteiger partial charge in [-0.25, -0.2) is 0 Å². The first kappa shape index (κ1) is 27.6. The Hall–Kier alpha value is -4.01. The van der Waals surface area contributed by atoms with Crippen LogP contribution in [0.4, 0.5) is 5.69 Å². The summed E-state index contributed by atoms with van der Waals surface area (Å²) in [7, 11) is 3.88. The summed E-state index contributed by atoms with van der Waals surface area (Å²) in [5.74, 6) is 0.226. The molecule has 0 aliphatic carbocycles. The Labute approximate surface area is 235 Å². The second kappa shape index (κ2) is 12.0. The monoisotopic (exact) mass is 537 g/mol. The molecule has 1 fully saturated rings. The number of nitrogens with zero attached hydrogens (tertiary/aromatic N) is 5. The van der Waals surface area contributed by atoms with Crippen LogP contribution in [-0.2, 0) is 6.54 Å². The quantitative estimate of drug-likeness (QED) is 0.263. The third-order valence-electron chi connectivity index (χ3n) is 7.87. The Morgan fingerprint density at radius 3 is 2.02 bits per heavy atom. The molecule has 0 bridgehead atoms. The van der Waals surface area contributed by atoms with Crippen LogP contribution in [0.15, 0.2) is 83.7 Å². The van der Waals surface area contributed by atoms with Gasteiger partial charge in [-0.3, -0.25) is 29.6 Å². The summed E-state index contributed by atoms with van der Waals surface area (Å²) in [6.45, 7) is 6.82. The third-order valence-corrected chi connectivity index (χ3v) is 7.87. The number of anilines is 1. The molecule has 1 aliphatic heterocycles. The molecule has 8 heteroatoms. The number of hydrogen-bond donors (Lipinski definition) is 2. The zero-order chi connectivity index (χ0) is 28.2. The number of rotatable bonds is 8. The fourth-order valence-corrected chi connectivity index (χ4v) is 5.77. The van der Waals surface area contributed by atoms with E-state index in [1.807, 2.05) is 37.2 Å². The molecule has 208 valence electrons. The predicted octanol–water partition coefficient (Wildman–Crippen LogP) is 3.99. The minimum absolute atomic E-state index is 0.0565. The molecule has 4 aromatic rings. The van der Waals surface area contributed by atoms with Crippen molar-refractivity contribution < 1.29 is 0 Å². The molecule has 0 saturated carbocycles. The molecule has 1 aliphatic rings. The van der Waals surface area contributed by atoms with Gasteiger partial charge in [0.25, 0.3) is 5.56 Å². The molecule has 2 heterocycles. The summed E-state index contributed by atoms with van der Waals surface area (Å²) in [6, 6.07) is 27.3. The van der Waals surface area contributed by atoms with Crippen molar-refractivity contribution in [1.29, 1.82) is 10.8 Å². The summed E-state index contributed by atoms with van der Waals surface area (Å²) < 4.78 is 3.08. The van der Waals surface area contributed by atoms with Crippen LogP contribution in [-0.4, -0.2) is 71.6 Å². The lowest BCUT2D eigenvalue weighted by Crippen LogP contribution is -2.48. The van der Waals surface area contributed by atoms with Gasteiger partial charge in [0.2, 0.25) is 5.62 Å². The fraction of sp³-hybridized carbons (Fsp3) is 0.344. The van der Waals surface area contributed by atoms with Gasteiger partial charge in [-0.1, -0.05) is 60.7 Å². The highest BCUT2D eigenvalue weighted by Gasteiger charge is 2.26. The van der Waals surface area contributed by atoms with Crippen molar-refractivity contribution >= 4 is 22.4 Å². The molecular formula is C32H39N7O. The molecule has 40 heavy (non-hydrogen) atoms. The smallest absolute Gasteiger partial charge is 0.262 e. The van der Waals surface area contributed by atoms with Gasteiger partial charge in [-0.2, -0.15) is 0 Å². The number of benzene rings is 3. The molecule has 5 rings (SSSR count). The van der Waals surface area contributed by atoms with E-state index in [2.05, 4.69) is 70.5 Å². The molecule has 0 unspecified atom stereocenters. The van der Waals surface area contributed by atoms with E-state index in [0.717, 1.165) is 44.8 Å². The minimum Gasteiger partial charge on any atom is -0.378 e. The average molecular weight is 538 g/mol. The summed E-state index contributed by atoms with van der Waals surface area (Å²) in [5.41, 5.74) is 4.04. The highest BCUT2D eigenvalue weighted by molar-refractivity contribution is 5.92. The Bertz CT molecular complexity index is 1540. The fourth-order valence-electron chi connectivity index (χ4n) is 5.77. The van der Waals surface area contributed by atoms with Crippen LogP contribution < -0.4 is 16.1 Å². The molecule has 0 atom stereocenters. The molecular weight excluding hydrogens is 498 g/mol. The average Bonchev–Trinajstić information content (AvgIpc) is 2.96. The van der Waals surface area contributed by atoms with Gasteiger partial charge in [0, 0.05) is 52.5 Å². The highest BCUT2D eigenvalue weighted by Crippen LogP contribution is 2.29. The van der Waals surface area contributed by atoms with Crippen molar-refractivity contribution in [3.63, 3.8) is 0 Å². The second-order valence-corrected chi connectivity index (χ2v) is 10.8. The Balaban J connectivity index is 1.28. The lowest BCUT2D eigenvalue weighted by Gasteiger charge is -2.40. The molecule has 8 nitrogen and oxygen atoms in total. The second-order valence-electron chi connectivity index (χ2n) is 10.8. The minimum atomic E-state index is -0.167. The van der Waals surface area contributed by atoms with Gasteiger partial charge >= 0.3 is 0 Å². The van der Waals surface area contributed by atoms with Gasteiger partial charge in [-0.15, -0.1) is 0 Å². The lowest BCUT2D eigenvalue weighted by molar-refractivity contribution is 0.107. The van der Waals surface area contributed by atoms with Crippen molar-refractivity contribution in [2.24, 2.45) is 0 Å². The molecule has 3 aromatic carbocycles. The molecule has 0 spiro atoms. The predicted molar refractivity (Wildman–Crippen MR) is 163 cm³/mol. The van der Waals surface area contributed by atoms with Crippen molar-refractivity contribution in [2.45, 2.75) is 25.9 Å². The molecule has 0 radical (unpaired) electrons. The summed E-state index contributed by atoms with van der Waals surface area (Å²) in [4.78, 5) is 20.5. The molecule has 2 N–H and O–H groups in total. The summed E-state index contributed by atoms with van der Waals surface area (Å²) >= 11 is 0. The zero-order valence-corrected chi connectivity index (χ0v) is 23.7. The SMILES string of the molecule is CC(=N)n1c(=N)n(CCCN2CCN(C(c3ccccc3)c3ccccc3)CC2)c(=O)c2cc(N(C)C)ccc21. The van der Waals surface area contributed by atoms with Gasteiger partial charge in [0.15, 0.2) is 0 Å². The van der Waals surface area contributed by atoms with E-state index in [9.17, 15) is 4.79 Å². The van der Waals surface area contributed by atoms with Crippen molar-refractivity contribution in [1.82, 2.24) is 18.9 Å². The molecule has 1 saturated heterocycles. The maximum absolute atomic E-state index is 13.5. The van der Waals surface area contributed by atoms with Crippen LogP contribution >= 0.6 is 0 Å². The van der Waals surface area contributed by atoms with Crippen LogP contribution in [0.5, 0.6) is 0 Å². The van der Waals surface area contributed by atoms with E-state index in [0.29, 0.717) is 17.4 Å². The number of aromatic nitrogens is 2. The third kappa shape index (κ3) is 5.64. The van der Waals surface area contributed by atoms with Crippen LogP contribution in [0.3, 0.4) is 0 Å².